The van der Waals surface area contributed by atoms with Crippen molar-refractivity contribution in [3.63, 3.8) is 0 Å². The van der Waals surface area contributed by atoms with Gasteiger partial charge in [-0.05, 0) is 37.3 Å². The van der Waals surface area contributed by atoms with Gasteiger partial charge in [0.1, 0.15) is 5.82 Å². The number of thioether (sulfide) groups is 1. The molecule has 138 valence electrons. The lowest BCUT2D eigenvalue weighted by molar-refractivity contribution is -0.115. The third-order valence-electron chi connectivity index (χ3n) is 3.80. The molecular weight excluding hydrogens is 373 g/mol. The molecule has 1 aliphatic rings. The fourth-order valence-electron chi connectivity index (χ4n) is 2.41. The third-order valence-corrected chi connectivity index (χ3v) is 4.74. The van der Waals surface area contributed by atoms with Crippen LogP contribution in [-0.2, 0) is 4.79 Å². The van der Waals surface area contributed by atoms with E-state index in [2.05, 4.69) is 15.5 Å². The number of carbonyl (C=O) groups is 1. The smallest absolute Gasteiger partial charge is 0.277 e. The largest absolute Gasteiger partial charge is 0.454 e. The molecule has 2 heterocycles. The molecule has 0 radical (unpaired) electrons. The molecule has 0 spiro atoms. The second kappa shape index (κ2) is 7.28. The van der Waals surface area contributed by atoms with Gasteiger partial charge in [-0.3, -0.25) is 4.79 Å². The minimum Gasteiger partial charge on any atom is -0.454 e. The highest BCUT2D eigenvalue weighted by Gasteiger charge is 2.21. The molecule has 0 saturated heterocycles. The van der Waals surface area contributed by atoms with Crippen LogP contribution in [-0.4, -0.2) is 28.1 Å². The zero-order chi connectivity index (χ0) is 18.8. The van der Waals surface area contributed by atoms with E-state index in [4.69, 9.17) is 13.9 Å². The number of amides is 1. The standard InChI is InChI=1S/C18H14FN3O4S/c1-10(16(23)20-13-5-3-2-4-12(13)19)27-18-22-21-17(26-18)11-6-7-14-15(8-11)25-9-24-14/h2-8,10H,9H2,1H3,(H,20,23)/t10-/m1/s1. The van der Waals surface area contributed by atoms with E-state index in [1.807, 2.05) is 0 Å². The number of nitrogens with zero attached hydrogens (tertiary/aromatic N) is 2. The Morgan fingerprint density at radius 3 is 2.85 bits per heavy atom. The maximum absolute atomic E-state index is 13.6. The molecule has 4 rings (SSSR count). The van der Waals surface area contributed by atoms with Gasteiger partial charge >= 0.3 is 0 Å². The van der Waals surface area contributed by atoms with E-state index in [0.717, 1.165) is 11.8 Å². The molecule has 9 heteroatoms. The quantitative estimate of drug-likeness (QED) is 0.668. The lowest BCUT2D eigenvalue weighted by Crippen LogP contribution is -2.22. The van der Waals surface area contributed by atoms with Crippen LogP contribution in [0, 0.1) is 5.82 Å². The summed E-state index contributed by atoms with van der Waals surface area (Å²) in [5.74, 6) is 0.709. The number of fused-ring (bicyclic) bond motifs is 1. The minimum absolute atomic E-state index is 0.126. The molecule has 1 amide bonds. The topological polar surface area (TPSA) is 86.5 Å². The number of benzene rings is 2. The molecule has 27 heavy (non-hydrogen) atoms. The van der Waals surface area contributed by atoms with Gasteiger partial charge in [-0.25, -0.2) is 4.39 Å². The molecule has 2 aromatic carbocycles. The molecule has 1 N–H and O–H groups in total. The number of rotatable bonds is 5. The highest BCUT2D eigenvalue weighted by Crippen LogP contribution is 2.36. The lowest BCUT2D eigenvalue weighted by Gasteiger charge is -2.10. The van der Waals surface area contributed by atoms with Gasteiger partial charge in [0.05, 0.1) is 10.9 Å². The summed E-state index contributed by atoms with van der Waals surface area (Å²) >= 11 is 1.09. The van der Waals surface area contributed by atoms with Crippen molar-refractivity contribution >= 4 is 23.4 Å². The third kappa shape index (κ3) is 3.72. The number of hydrogen-bond donors (Lipinski definition) is 1. The van der Waals surface area contributed by atoms with Crippen LogP contribution in [0.4, 0.5) is 10.1 Å². The number of halogens is 1. The number of carbonyl (C=O) groups excluding carboxylic acids is 1. The summed E-state index contributed by atoms with van der Waals surface area (Å²) in [5, 5.41) is 10.2. The van der Waals surface area contributed by atoms with Crippen LogP contribution < -0.4 is 14.8 Å². The average molecular weight is 387 g/mol. The Morgan fingerprint density at radius 2 is 2.00 bits per heavy atom. The second-order valence-corrected chi connectivity index (χ2v) is 6.96. The van der Waals surface area contributed by atoms with E-state index in [1.54, 1.807) is 37.3 Å². The first-order valence-corrected chi connectivity index (χ1v) is 8.94. The Hall–Kier alpha value is -3.07. The molecule has 0 saturated carbocycles. The molecule has 0 aliphatic carbocycles. The van der Waals surface area contributed by atoms with Gasteiger partial charge in [0, 0.05) is 5.56 Å². The maximum Gasteiger partial charge on any atom is 0.277 e. The summed E-state index contributed by atoms with van der Waals surface area (Å²) in [6.07, 6.45) is 0. The minimum atomic E-state index is -0.560. The Kier molecular flexibility index (Phi) is 4.68. The Bertz CT molecular complexity index is 994. The van der Waals surface area contributed by atoms with E-state index in [-0.39, 0.29) is 23.6 Å². The van der Waals surface area contributed by atoms with Crippen molar-refractivity contribution < 1.29 is 23.1 Å². The first kappa shape index (κ1) is 17.3. The van der Waals surface area contributed by atoms with Crippen LogP contribution >= 0.6 is 11.8 Å². The molecule has 1 aliphatic heterocycles. The van der Waals surface area contributed by atoms with Gasteiger partial charge in [-0.15, -0.1) is 10.2 Å². The summed E-state index contributed by atoms with van der Waals surface area (Å²) in [6, 6.07) is 11.3. The molecule has 0 fully saturated rings. The van der Waals surface area contributed by atoms with Crippen LogP contribution in [0.25, 0.3) is 11.5 Å². The zero-order valence-corrected chi connectivity index (χ0v) is 15.0. The van der Waals surface area contributed by atoms with Crippen LogP contribution in [0.3, 0.4) is 0 Å². The van der Waals surface area contributed by atoms with Crippen molar-refractivity contribution in [2.45, 2.75) is 17.4 Å². The second-order valence-electron chi connectivity index (χ2n) is 5.67. The van der Waals surface area contributed by atoms with Crippen LogP contribution in [0.5, 0.6) is 11.5 Å². The zero-order valence-electron chi connectivity index (χ0n) is 14.1. The summed E-state index contributed by atoms with van der Waals surface area (Å²) < 4.78 is 29.9. The SMILES string of the molecule is C[C@@H](Sc1nnc(-c2ccc3c(c2)OCO3)o1)C(=O)Nc1ccccc1F. The van der Waals surface area contributed by atoms with Crippen molar-refractivity contribution in [2.24, 2.45) is 0 Å². The lowest BCUT2D eigenvalue weighted by atomic mass is 10.2. The monoisotopic (exact) mass is 387 g/mol. The number of ether oxygens (including phenoxy) is 2. The van der Waals surface area contributed by atoms with Crippen molar-refractivity contribution in [1.29, 1.82) is 0 Å². The number of nitrogens with one attached hydrogen (secondary N) is 1. The van der Waals surface area contributed by atoms with Gasteiger partial charge in [-0.1, -0.05) is 23.9 Å². The average Bonchev–Trinajstić information content (AvgIpc) is 3.32. The first-order chi connectivity index (χ1) is 13.1. The molecule has 7 nitrogen and oxygen atoms in total. The summed E-state index contributed by atoms with van der Waals surface area (Å²) in [7, 11) is 0. The molecule has 0 bridgehead atoms. The van der Waals surface area contributed by atoms with Crippen molar-refractivity contribution in [1.82, 2.24) is 10.2 Å². The number of anilines is 1. The number of hydrogen-bond acceptors (Lipinski definition) is 7. The molecular formula is C18H14FN3O4S. The molecule has 0 unspecified atom stereocenters. The fraction of sp³-hybridized carbons (Fsp3) is 0.167. The maximum atomic E-state index is 13.6. The van der Waals surface area contributed by atoms with E-state index in [0.29, 0.717) is 23.0 Å². The fourth-order valence-corrected chi connectivity index (χ4v) is 3.09. The molecule has 1 aromatic heterocycles. The van der Waals surface area contributed by atoms with Crippen molar-refractivity contribution in [2.75, 3.05) is 12.1 Å². The predicted octanol–water partition coefficient (Wildman–Crippen LogP) is 3.72. The van der Waals surface area contributed by atoms with E-state index in [9.17, 15) is 9.18 Å². The van der Waals surface area contributed by atoms with Crippen molar-refractivity contribution in [3.8, 4) is 23.0 Å². The summed E-state index contributed by atoms with van der Waals surface area (Å²) in [5.41, 5.74) is 0.809. The van der Waals surface area contributed by atoms with Crippen LogP contribution in [0.1, 0.15) is 6.92 Å². The number of aromatic nitrogens is 2. The van der Waals surface area contributed by atoms with Gasteiger partial charge < -0.3 is 19.2 Å². The predicted molar refractivity (Wildman–Crippen MR) is 96.2 cm³/mol. The van der Waals surface area contributed by atoms with E-state index in [1.165, 1.54) is 12.1 Å². The van der Waals surface area contributed by atoms with Crippen LogP contribution in [0.15, 0.2) is 52.1 Å². The van der Waals surface area contributed by atoms with Gasteiger partial charge in [-0.2, -0.15) is 0 Å². The van der Waals surface area contributed by atoms with Gasteiger partial charge in [0.2, 0.25) is 18.6 Å². The molecule has 3 aromatic rings. The van der Waals surface area contributed by atoms with Crippen molar-refractivity contribution in [3.05, 3.63) is 48.3 Å². The Labute approximate surface area is 157 Å². The van der Waals surface area contributed by atoms with Gasteiger partial charge in [0.15, 0.2) is 11.5 Å². The normalized spacial score (nSPS) is 13.4. The van der Waals surface area contributed by atoms with Crippen LogP contribution in [0.2, 0.25) is 0 Å². The molecule has 1 atom stereocenters. The Morgan fingerprint density at radius 1 is 1.19 bits per heavy atom. The highest BCUT2D eigenvalue weighted by molar-refractivity contribution is 8.00. The number of para-hydroxylation sites is 1. The van der Waals surface area contributed by atoms with Gasteiger partial charge in [0.25, 0.3) is 5.22 Å². The summed E-state index contributed by atoms with van der Waals surface area (Å²) in [6.45, 7) is 1.85. The first-order valence-electron chi connectivity index (χ1n) is 8.06. The van der Waals surface area contributed by atoms with E-state index >= 15 is 0 Å². The highest BCUT2D eigenvalue weighted by atomic mass is 32.2. The summed E-state index contributed by atoms with van der Waals surface area (Å²) in [4.78, 5) is 12.3. The Balaban J connectivity index is 1.43. The van der Waals surface area contributed by atoms with E-state index < -0.39 is 11.1 Å².